The van der Waals surface area contributed by atoms with Crippen molar-refractivity contribution in [2.75, 3.05) is 18.5 Å². The van der Waals surface area contributed by atoms with Crippen molar-refractivity contribution in [3.63, 3.8) is 0 Å². The summed E-state index contributed by atoms with van der Waals surface area (Å²) >= 11 is 6.32. The van der Waals surface area contributed by atoms with Crippen molar-refractivity contribution in [2.45, 2.75) is 32.7 Å². The Morgan fingerprint density at radius 2 is 2.17 bits per heavy atom. The summed E-state index contributed by atoms with van der Waals surface area (Å²) in [6.45, 7) is 5.46. The van der Waals surface area contributed by atoms with Gasteiger partial charge in [0, 0.05) is 30.3 Å². The maximum atomic E-state index is 6.32. The molecule has 2 rings (SSSR count). The van der Waals surface area contributed by atoms with Crippen LogP contribution in [0.3, 0.4) is 0 Å². The van der Waals surface area contributed by atoms with E-state index in [1.807, 2.05) is 19.1 Å². The van der Waals surface area contributed by atoms with Crippen molar-refractivity contribution in [3.05, 3.63) is 28.8 Å². The largest absolute Gasteiger partial charge is 0.374 e. The van der Waals surface area contributed by atoms with Crippen LogP contribution in [0.4, 0.5) is 5.69 Å². The fraction of sp³-hybridized carbons (Fsp3) is 0.600. The quantitative estimate of drug-likeness (QED) is 0.886. The molecular formula is C15H23ClN2. The Kier molecular flexibility index (Phi) is 4.18. The highest BCUT2D eigenvalue weighted by Gasteiger charge is 2.33. The van der Waals surface area contributed by atoms with Crippen molar-refractivity contribution in [1.82, 2.24) is 0 Å². The topological polar surface area (TPSA) is 29.3 Å². The van der Waals surface area contributed by atoms with Gasteiger partial charge in [0.25, 0.3) is 0 Å². The minimum absolute atomic E-state index is 0.136. The van der Waals surface area contributed by atoms with E-state index in [0.29, 0.717) is 0 Å². The summed E-state index contributed by atoms with van der Waals surface area (Å²) in [5.41, 5.74) is 8.34. The van der Waals surface area contributed by atoms with Crippen LogP contribution in [0.1, 0.15) is 25.8 Å². The van der Waals surface area contributed by atoms with E-state index in [1.165, 1.54) is 17.7 Å². The Labute approximate surface area is 115 Å². The minimum atomic E-state index is 0.136. The third kappa shape index (κ3) is 3.18. The number of halogens is 1. The fourth-order valence-electron chi connectivity index (χ4n) is 2.53. The number of anilines is 1. The normalized spacial score (nSPS) is 23.8. The molecule has 3 atom stereocenters. The lowest BCUT2D eigenvalue weighted by Crippen LogP contribution is -2.24. The zero-order chi connectivity index (χ0) is 13.3. The molecule has 1 aromatic rings. The van der Waals surface area contributed by atoms with E-state index in [-0.39, 0.29) is 6.04 Å². The van der Waals surface area contributed by atoms with Gasteiger partial charge in [-0.05, 0) is 49.3 Å². The predicted molar refractivity (Wildman–Crippen MR) is 79.3 cm³/mol. The first kappa shape index (κ1) is 13.7. The van der Waals surface area contributed by atoms with E-state index in [0.717, 1.165) is 29.8 Å². The van der Waals surface area contributed by atoms with E-state index in [1.54, 1.807) is 0 Å². The monoisotopic (exact) mass is 266 g/mol. The lowest BCUT2D eigenvalue weighted by Gasteiger charge is -2.24. The van der Waals surface area contributed by atoms with E-state index >= 15 is 0 Å². The summed E-state index contributed by atoms with van der Waals surface area (Å²) in [7, 11) is 2.15. The summed E-state index contributed by atoms with van der Waals surface area (Å²) in [4.78, 5) is 2.33. The molecule has 1 aromatic carbocycles. The van der Waals surface area contributed by atoms with Gasteiger partial charge in [0.15, 0.2) is 0 Å². The summed E-state index contributed by atoms with van der Waals surface area (Å²) < 4.78 is 0. The van der Waals surface area contributed by atoms with Gasteiger partial charge in [-0.2, -0.15) is 0 Å². The molecule has 1 saturated carbocycles. The Morgan fingerprint density at radius 1 is 1.50 bits per heavy atom. The van der Waals surface area contributed by atoms with E-state index in [4.69, 9.17) is 17.3 Å². The van der Waals surface area contributed by atoms with Gasteiger partial charge >= 0.3 is 0 Å². The van der Waals surface area contributed by atoms with Gasteiger partial charge in [-0.15, -0.1) is 0 Å². The number of benzene rings is 1. The molecule has 3 unspecified atom stereocenters. The summed E-state index contributed by atoms with van der Waals surface area (Å²) in [6.07, 6.45) is 2.19. The molecule has 0 aromatic heterocycles. The molecule has 0 amide bonds. The molecule has 0 heterocycles. The second-order valence-electron chi connectivity index (χ2n) is 5.77. The average Bonchev–Trinajstić information content (AvgIpc) is 2.96. The number of nitrogens with two attached hydrogens (primary N) is 1. The lowest BCUT2D eigenvalue weighted by atomic mass is 10.0. The van der Waals surface area contributed by atoms with Crippen LogP contribution in [0.15, 0.2) is 18.2 Å². The van der Waals surface area contributed by atoms with Gasteiger partial charge in [0.2, 0.25) is 0 Å². The second kappa shape index (κ2) is 5.50. The first-order chi connectivity index (χ1) is 8.49. The fourth-order valence-corrected chi connectivity index (χ4v) is 2.78. The molecule has 0 radical (unpaired) electrons. The Balaban J connectivity index is 2.17. The van der Waals surface area contributed by atoms with Crippen LogP contribution in [-0.2, 0) is 6.42 Å². The zero-order valence-electron chi connectivity index (χ0n) is 11.5. The molecular weight excluding hydrogens is 244 g/mol. The molecule has 0 bridgehead atoms. The van der Waals surface area contributed by atoms with Crippen LogP contribution in [0.25, 0.3) is 0 Å². The maximum absolute atomic E-state index is 6.32. The van der Waals surface area contributed by atoms with Crippen molar-refractivity contribution in [2.24, 2.45) is 17.6 Å². The van der Waals surface area contributed by atoms with Crippen LogP contribution < -0.4 is 10.6 Å². The molecule has 0 saturated heterocycles. The standard InChI is InChI=1S/C15H23ClN2/c1-10-7-12(10)9-18(3)15-6-4-5-14(16)13(15)8-11(2)17/h4-6,10-12H,7-9,17H2,1-3H3. The lowest BCUT2D eigenvalue weighted by molar-refractivity contribution is 0.709. The SMILES string of the molecule is CC(N)Cc1c(Cl)cccc1N(C)CC1CC1C. The molecule has 1 aliphatic rings. The maximum Gasteiger partial charge on any atom is 0.0459 e. The molecule has 0 spiro atoms. The number of hydrogen-bond donors (Lipinski definition) is 1. The molecule has 1 fully saturated rings. The highest BCUT2D eigenvalue weighted by molar-refractivity contribution is 6.31. The summed E-state index contributed by atoms with van der Waals surface area (Å²) in [5, 5.41) is 0.834. The Hall–Kier alpha value is -0.730. The smallest absolute Gasteiger partial charge is 0.0459 e. The van der Waals surface area contributed by atoms with Crippen LogP contribution in [0.5, 0.6) is 0 Å². The molecule has 0 aliphatic heterocycles. The second-order valence-corrected chi connectivity index (χ2v) is 6.18. The third-order valence-corrected chi connectivity index (χ3v) is 4.17. The van der Waals surface area contributed by atoms with E-state index in [9.17, 15) is 0 Å². The number of rotatable bonds is 5. The van der Waals surface area contributed by atoms with Crippen LogP contribution in [0, 0.1) is 11.8 Å². The first-order valence-electron chi connectivity index (χ1n) is 6.73. The Bertz CT molecular complexity index is 417. The molecule has 2 N–H and O–H groups in total. The van der Waals surface area contributed by atoms with Gasteiger partial charge in [-0.25, -0.2) is 0 Å². The van der Waals surface area contributed by atoms with Crippen molar-refractivity contribution in [1.29, 1.82) is 0 Å². The van der Waals surface area contributed by atoms with Crippen molar-refractivity contribution >= 4 is 17.3 Å². The summed E-state index contributed by atoms with van der Waals surface area (Å²) in [5.74, 6) is 1.72. The van der Waals surface area contributed by atoms with Gasteiger partial charge in [-0.3, -0.25) is 0 Å². The number of nitrogens with zero attached hydrogens (tertiary/aromatic N) is 1. The highest BCUT2D eigenvalue weighted by Crippen LogP contribution is 2.39. The summed E-state index contributed by atoms with van der Waals surface area (Å²) in [6, 6.07) is 6.26. The minimum Gasteiger partial charge on any atom is -0.374 e. The molecule has 18 heavy (non-hydrogen) atoms. The molecule has 2 nitrogen and oxygen atoms in total. The molecule has 100 valence electrons. The first-order valence-corrected chi connectivity index (χ1v) is 7.11. The van der Waals surface area contributed by atoms with Crippen LogP contribution in [-0.4, -0.2) is 19.6 Å². The van der Waals surface area contributed by atoms with Crippen LogP contribution >= 0.6 is 11.6 Å². The molecule has 3 heteroatoms. The zero-order valence-corrected chi connectivity index (χ0v) is 12.2. The Morgan fingerprint density at radius 3 is 2.72 bits per heavy atom. The number of hydrogen-bond acceptors (Lipinski definition) is 2. The average molecular weight is 267 g/mol. The van der Waals surface area contributed by atoms with Gasteiger partial charge in [0.1, 0.15) is 0 Å². The van der Waals surface area contributed by atoms with E-state index < -0.39 is 0 Å². The van der Waals surface area contributed by atoms with Gasteiger partial charge in [0.05, 0.1) is 0 Å². The predicted octanol–water partition coefficient (Wildman–Crippen LogP) is 3.32. The van der Waals surface area contributed by atoms with E-state index in [2.05, 4.69) is 24.9 Å². The molecule has 1 aliphatic carbocycles. The van der Waals surface area contributed by atoms with Crippen molar-refractivity contribution in [3.8, 4) is 0 Å². The highest BCUT2D eigenvalue weighted by atomic mass is 35.5. The van der Waals surface area contributed by atoms with Crippen molar-refractivity contribution < 1.29 is 0 Å². The van der Waals surface area contributed by atoms with Gasteiger partial charge < -0.3 is 10.6 Å². The third-order valence-electron chi connectivity index (χ3n) is 3.82. The van der Waals surface area contributed by atoms with Crippen LogP contribution in [0.2, 0.25) is 5.02 Å². The van der Waals surface area contributed by atoms with Gasteiger partial charge in [-0.1, -0.05) is 24.6 Å².